The van der Waals surface area contributed by atoms with Crippen LogP contribution in [-0.4, -0.2) is 25.0 Å². The molecule has 6 heteroatoms. The van der Waals surface area contributed by atoms with Gasteiger partial charge in [-0.05, 0) is 6.07 Å². The van der Waals surface area contributed by atoms with Crippen LogP contribution in [0.4, 0.5) is 13.2 Å². The van der Waals surface area contributed by atoms with Crippen molar-refractivity contribution in [1.29, 1.82) is 0 Å². The van der Waals surface area contributed by atoms with Gasteiger partial charge in [0.15, 0.2) is 0 Å². The minimum Gasteiger partial charge on any atom is -0.465 e. The van der Waals surface area contributed by atoms with E-state index in [0.717, 1.165) is 19.2 Å². The molecule has 0 saturated carbocycles. The summed E-state index contributed by atoms with van der Waals surface area (Å²) in [6.45, 7) is 0. The quantitative estimate of drug-likeness (QED) is 0.580. The summed E-state index contributed by atoms with van der Waals surface area (Å²) < 4.78 is 40.8. The summed E-state index contributed by atoms with van der Waals surface area (Å²) in [6.07, 6.45) is -5.01. The molecule has 3 nitrogen and oxygen atoms in total. The molecule has 0 aromatic heterocycles. The van der Waals surface area contributed by atoms with Gasteiger partial charge in [0.25, 0.3) is 5.78 Å². The second-order valence-corrected chi connectivity index (χ2v) is 2.86. The summed E-state index contributed by atoms with van der Waals surface area (Å²) in [4.78, 5) is 22.1. The normalized spacial score (nSPS) is 11.0. The highest BCUT2D eigenvalue weighted by Crippen LogP contribution is 2.23. The molecular weight excluding hydrogens is 225 g/mol. The lowest BCUT2D eigenvalue weighted by Crippen LogP contribution is -2.25. The maximum absolute atomic E-state index is 12.2. The first-order valence-corrected chi connectivity index (χ1v) is 4.16. The van der Waals surface area contributed by atoms with Gasteiger partial charge in [-0.1, -0.05) is 18.2 Å². The smallest absolute Gasteiger partial charge is 0.454 e. The number of hydrogen-bond acceptors (Lipinski definition) is 3. The predicted molar refractivity (Wildman–Crippen MR) is 48.2 cm³/mol. The third-order valence-electron chi connectivity index (χ3n) is 1.83. The minimum absolute atomic E-state index is 0.396. The molecule has 0 bridgehead atoms. The Balaban J connectivity index is 3.24. The van der Waals surface area contributed by atoms with E-state index in [1.807, 2.05) is 0 Å². The van der Waals surface area contributed by atoms with Crippen LogP contribution in [0.1, 0.15) is 20.7 Å². The number of halogens is 3. The molecule has 0 spiro atoms. The minimum atomic E-state index is -5.01. The standard InChI is InChI=1S/C10H7F3O3/c1-16-9(15)7-5-3-2-4-6(7)8(14)10(11,12)13/h2-5H,1H3. The van der Waals surface area contributed by atoms with Gasteiger partial charge in [0.05, 0.1) is 12.7 Å². The highest BCUT2D eigenvalue weighted by molar-refractivity contribution is 6.08. The predicted octanol–water partition coefficient (Wildman–Crippen LogP) is 2.22. The number of esters is 1. The van der Waals surface area contributed by atoms with Crippen LogP contribution in [0.3, 0.4) is 0 Å². The average molecular weight is 232 g/mol. The van der Waals surface area contributed by atoms with Crippen molar-refractivity contribution in [2.45, 2.75) is 6.18 Å². The van der Waals surface area contributed by atoms with Gasteiger partial charge >= 0.3 is 12.1 Å². The molecule has 0 aliphatic carbocycles. The number of carbonyl (C=O) groups excluding carboxylic acids is 2. The highest BCUT2D eigenvalue weighted by Gasteiger charge is 2.41. The number of methoxy groups -OCH3 is 1. The van der Waals surface area contributed by atoms with E-state index in [-0.39, 0.29) is 0 Å². The molecule has 16 heavy (non-hydrogen) atoms. The number of alkyl halides is 3. The van der Waals surface area contributed by atoms with Gasteiger partial charge in [-0.15, -0.1) is 0 Å². The maximum atomic E-state index is 12.2. The summed E-state index contributed by atoms with van der Waals surface area (Å²) in [5.41, 5.74) is -1.10. The van der Waals surface area contributed by atoms with Crippen molar-refractivity contribution in [2.75, 3.05) is 7.11 Å². The van der Waals surface area contributed by atoms with Gasteiger partial charge in [-0.2, -0.15) is 13.2 Å². The van der Waals surface area contributed by atoms with Gasteiger partial charge < -0.3 is 4.74 Å². The fourth-order valence-corrected chi connectivity index (χ4v) is 1.12. The summed E-state index contributed by atoms with van der Waals surface area (Å²) in [5.74, 6) is -3.04. The van der Waals surface area contributed by atoms with Crippen LogP contribution < -0.4 is 0 Å². The van der Waals surface area contributed by atoms with Crippen LogP contribution in [0.2, 0.25) is 0 Å². The Hall–Kier alpha value is -1.85. The fourth-order valence-electron chi connectivity index (χ4n) is 1.12. The molecule has 0 N–H and O–H groups in total. The molecule has 1 aromatic carbocycles. The highest BCUT2D eigenvalue weighted by atomic mass is 19.4. The molecule has 0 fully saturated rings. The second kappa shape index (κ2) is 4.34. The number of ketones is 1. The van der Waals surface area contributed by atoms with Crippen molar-refractivity contribution in [3.8, 4) is 0 Å². The molecule has 0 aliphatic rings. The zero-order valence-corrected chi connectivity index (χ0v) is 8.17. The van der Waals surface area contributed by atoms with E-state index in [1.165, 1.54) is 12.1 Å². The topological polar surface area (TPSA) is 43.4 Å². The van der Waals surface area contributed by atoms with Crippen LogP contribution in [0, 0.1) is 0 Å². The molecule has 86 valence electrons. The Morgan fingerprint density at radius 1 is 1.12 bits per heavy atom. The number of ether oxygens (including phenoxy) is 1. The summed E-state index contributed by atoms with van der Waals surface area (Å²) in [6, 6.07) is 4.62. The third kappa shape index (κ3) is 2.39. The van der Waals surface area contributed by atoms with E-state index in [0.29, 0.717) is 0 Å². The van der Waals surface area contributed by atoms with Crippen molar-refractivity contribution in [3.63, 3.8) is 0 Å². The first-order valence-electron chi connectivity index (χ1n) is 4.16. The van der Waals surface area contributed by atoms with Crippen LogP contribution in [0.25, 0.3) is 0 Å². The number of Topliss-reactive ketones (excluding diaryl/α,β-unsaturated/α-hetero) is 1. The van der Waals surface area contributed by atoms with Crippen molar-refractivity contribution >= 4 is 11.8 Å². The molecule has 1 rings (SSSR count). The zero-order chi connectivity index (χ0) is 12.3. The largest absolute Gasteiger partial charge is 0.465 e. The molecule has 0 saturated heterocycles. The van der Waals surface area contributed by atoms with Gasteiger partial charge in [-0.3, -0.25) is 4.79 Å². The van der Waals surface area contributed by atoms with Crippen molar-refractivity contribution in [3.05, 3.63) is 35.4 Å². The monoisotopic (exact) mass is 232 g/mol. The van der Waals surface area contributed by atoms with E-state index in [9.17, 15) is 22.8 Å². The van der Waals surface area contributed by atoms with E-state index < -0.39 is 29.1 Å². The Labute approximate surface area is 88.8 Å². The Morgan fingerprint density at radius 2 is 1.62 bits per heavy atom. The SMILES string of the molecule is COC(=O)c1ccccc1C(=O)C(F)(F)F. The van der Waals surface area contributed by atoms with Gasteiger partial charge in [0.1, 0.15) is 0 Å². The Bertz CT molecular complexity index is 424. The molecule has 0 aliphatic heterocycles. The van der Waals surface area contributed by atoms with Crippen LogP contribution in [0.15, 0.2) is 24.3 Å². The summed E-state index contributed by atoms with van der Waals surface area (Å²) in [7, 11) is 1.02. The van der Waals surface area contributed by atoms with Crippen LogP contribution in [-0.2, 0) is 4.74 Å². The molecule has 1 aromatic rings. The molecular formula is C10H7F3O3. The van der Waals surface area contributed by atoms with Gasteiger partial charge in [0.2, 0.25) is 0 Å². The fraction of sp³-hybridized carbons (Fsp3) is 0.200. The Morgan fingerprint density at radius 3 is 2.06 bits per heavy atom. The zero-order valence-electron chi connectivity index (χ0n) is 8.17. The summed E-state index contributed by atoms with van der Waals surface area (Å²) in [5, 5.41) is 0. The lowest BCUT2D eigenvalue weighted by molar-refractivity contribution is -0.0885. The van der Waals surface area contributed by atoms with Gasteiger partial charge in [0, 0.05) is 5.56 Å². The second-order valence-electron chi connectivity index (χ2n) is 2.86. The van der Waals surface area contributed by atoms with Crippen LogP contribution >= 0.6 is 0 Å². The first kappa shape index (κ1) is 12.2. The van der Waals surface area contributed by atoms with Crippen LogP contribution in [0.5, 0.6) is 0 Å². The van der Waals surface area contributed by atoms with E-state index >= 15 is 0 Å². The molecule has 0 radical (unpaired) electrons. The molecule has 0 unspecified atom stereocenters. The maximum Gasteiger partial charge on any atom is 0.454 e. The van der Waals surface area contributed by atoms with Crippen molar-refractivity contribution in [2.24, 2.45) is 0 Å². The van der Waals surface area contributed by atoms with Gasteiger partial charge in [-0.25, -0.2) is 4.79 Å². The molecule has 0 amide bonds. The lowest BCUT2D eigenvalue weighted by Gasteiger charge is -2.08. The van der Waals surface area contributed by atoms with E-state index in [1.54, 1.807) is 0 Å². The number of rotatable bonds is 2. The van der Waals surface area contributed by atoms with Crippen molar-refractivity contribution in [1.82, 2.24) is 0 Å². The lowest BCUT2D eigenvalue weighted by atomic mass is 10.0. The van der Waals surface area contributed by atoms with E-state index in [4.69, 9.17) is 0 Å². The Kier molecular flexibility index (Phi) is 3.31. The van der Waals surface area contributed by atoms with Crippen molar-refractivity contribution < 1.29 is 27.5 Å². The third-order valence-corrected chi connectivity index (χ3v) is 1.83. The number of hydrogen-bond donors (Lipinski definition) is 0. The molecule has 0 heterocycles. The van der Waals surface area contributed by atoms with E-state index in [2.05, 4.69) is 4.74 Å². The number of benzene rings is 1. The molecule has 0 atom stereocenters. The summed E-state index contributed by atoms with van der Waals surface area (Å²) >= 11 is 0. The average Bonchev–Trinajstić information content (AvgIpc) is 2.25. The first-order chi connectivity index (χ1) is 7.38. The number of carbonyl (C=O) groups is 2.